The van der Waals surface area contributed by atoms with E-state index in [1.165, 1.54) is 30.3 Å². The van der Waals surface area contributed by atoms with Gasteiger partial charge in [-0.05, 0) is 29.2 Å². The van der Waals surface area contributed by atoms with Gasteiger partial charge in [0.15, 0.2) is 0 Å². The number of hydrogen-bond acceptors (Lipinski definition) is 2. The molecule has 0 unspecified atom stereocenters. The molecule has 0 spiro atoms. The predicted molar refractivity (Wildman–Crippen MR) is 67.7 cm³/mol. The molecular weight excluding hydrogens is 277 g/mol. The molecule has 2 aromatic carbocycles. The minimum atomic E-state index is -4.52. The number of carboxylic acids is 1. The fraction of sp³-hybridized carbons (Fsp3) is 0.154. The smallest absolute Gasteiger partial charge is 0.418 e. The van der Waals surface area contributed by atoms with E-state index >= 15 is 0 Å². The number of carboxylic acid groups (broad SMARTS) is 1. The summed E-state index contributed by atoms with van der Waals surface area (Å²) in [6.07, 6.45) is -2.97. The van der Waals surface area contributed by atoms with Crippen molar-refractivity contribution in [3.05, 3.63) is 41.5 Å². The first kappa shape index (κ1) is 13.7. The molecule has 0 aromatic heterocycles. The number of thioether (sulfide) groups is 1. The van der Waals surface area contributed by atoms with E-state index in [1.807, 2.05) is 0 Å². The van der Waals surface area contributed by atoms with Crippen LogP contribution in [0.4, 0.5) is 13.2 Å². The highest BCUT2D eigenvalue weighted by Gasteiger charge is 2.35. The van der Waals surface area contributed by atoms with E-state index < -0.39 is 17.7 Å². The minimum absolute atomic E-state index is 0.0840. The average Bonchev–Trinajstić information content (AvgIpc) is 2.34. The summed E-state index contributed by atoms with van der Waals surface area (Å²) in [6.45, 7) is 0. The quantitative estimate of drug-likeness (QED) is 0.837. The Hall–Kier alpha value is -1.69. The second-order valence-electron chi connectivity index (χ2n) is 3.85. The lowest BCUT2D eigenvalue weighted by atomic mass is 9.99. The molecule has 0 fully saturated rings. The van der Waals surface area contributed by atoms with Crippen LogP contribution in [0.3, 0.4) is 0 Å². The lowest BCUT2D eigenvalue weighted by molar-refractivity contribution is -0.138. The SMILES string of the molecule is CSc1ccc2c(C(=O)O)cccc2c1C(F)(F)F. The van der Waals surface area contributed by atoms with E-state index in [1.54, 1.807) is 6.26 Å². The van der Waals surface area contributed by atoms with Gasteiger partial charge in [-0.25, -0.2) is 4.79 Å². The molecule has 2 aromatic rings. The van der Waals surface area contributed by atoms with Crippen molar-refractivity contribution in [1.29, 1.82) is 0 Å². The molecule has 0 bridgehead atoms. The van der Waals surface area contributed by atoms with Crippen LogP contribution in [0.25, 0.3) is 10.8 Å². The fourth-order valence-corrected chi connectivity index (χ4v) is 2.62. The lowest BCUT2D eigenvalue weighted by Gasteiger charge is -2.15. The third-order valence-corrected chi connectivity index (χ3v) is 3.54. The van der Waals surface area contributed by atoms with Crippen molar-refractivity contribution in [2.24, 2.45) is 0 Å². The molecule has 6 heteroatoms. The number of aromatic carboxylic acids is 1. The van der Waals surface area contributed by atoms with Crippen LogP contribution in [-0.4, -0.2) is 17.3 Å². The molecule has 0 saturated heterocycles. The van der Waals surface area contributed by atoms with Crippen LogP contribution in [0.5, 0.6) is 0 Å². The highest BCUT2D eigenvalue weighted by molar-refractivity contribution is 7.98. The average molecular weight is 286 g/mol. The zero-order valence-corrected chi connectivity index (χ0v) is 10.6. The van der Waals surface area contributed by atoms with E-state index in [0.29, 0.717) is 0 Å². The van der Waals surface area contributed by atoms with Crippen molar-refractivity contribution in [2.75, 3.05) is 6.26 Å². The molecule has 0 heterocycles. The van der Waals surface area contributed by atoms with Crippen molar-refractivity contribution in [3.63, 3.8) is 0 Å². The third kappa shape index (κ3) is 2.40. The van der Waals surface area contributed by atoms with Crippen LogP contribution < -0.4 is 0 Å². The fourth-order valence-electron chi connectivity index (χ4n) is 1.99. The summed E-state index contributed by atoms with van der Waals surface area (Å²) in [7, 11) is 0. The number of alkyl halides is 3. The maximum atomic E-state index is 13.1. The number of carbonyl (C=O) groups is 1. The Morgan fingerprint density at radius 1 is 1.16 bits per heavy atom. The zero-order valence-electron chi connectivity index (χ0n) is 9.78. The predicted octanol–water partition coefficient (Wildman–Crippen LogP) is 4.28. The summed E-state index contributed by atoms with van der Waals surface area (Å²) in [6, 6.07) is 6.64. The maximum absolute atomic E-state index is 13.1. The first-order chi connectivity index (χ1) is 8.86. The number of benzene rings is 2. The summed E-state index contributed by atoms with van der Waals surface area (Å²) in [5.41, 5.74) is -0.906. The molecule has 0 amide bonds. The van der Waals surface area contributed by atoms with Gasteiger partial charge in [0.25, 0.3) is 0 Å². The molecule has 0 aliphatic carbocycles. The number of fused-ring (bicyclic) bond motifs is 1. The topological polar surface area (TPSA) is 37.3 Å². The monoisotopic (exact) mass is 286 g/mol. The third-order valence-electron chi connectivity index (χ3n) is 2.76. The Morgan fingerprint density at radius 3 is 2.37 bits per heavy atom. The van der Waals surface area contributed by atoms with Gasteiger partial charge in [-0.15, -0.1) is 11.8 Å². The number of rotatable bonds is 2. The second kappa shape index (κ2) is 4.77. The van der Waals surface area contributed by atoms with Crippen molar-refractivity contribution in [2.45, 2.75) is 11.1 Å². The van der Waals surface area contributed by atoms with Gasteiger partial charge in [-0.2, -0.15) is 13.2 Å². The Bertz CT molecular complexity index is 650. The Balaban J connectivity index is 2.91. The van der Waals surface area contributed by atoms with Crippen LogP contribution in [0.1, 0.15) is 15.9 Å². The van der Waals surface area contributed by atoms with E-state index in [4.69, 9.17) is 5.11 Å². The molecule has 2 nitrogen and oxygen atoms in total. The largest absolute Gasteiger partial charge is 0.478 e. The highest BCUT2D eigenvalue weighted by atomic mass is 32.2. The van der Waals surface area contributed by atoms with E-state index in [-0.39, 0.29) is 21.2 Å². The van der Waals surface area contributed by atoms with Crippen LogP contribution >= 0.6 is 11.8 Å². The molecule has 19 heavy (non-hydrogen) atoms. The Kier molecular flexibility index (Phi) is 3.45. The summed E-state index contributed by atoms with van der Waals surface area (Å²) in [5, 5.41) is 9.03. The Morgan fingerprint density at radius 2 is 1.84 bits per heavy atom. The van der Waals surface area contributed by atoms with Gasteiger partial charge in [0.2, 0.25) is 0 Å². The van der Waals surface area contributed by atoms with E-state index in [9.17, 15) is 18.0 Å². The second-order valence-corrected chi connectivity index (χ2v) is 4.69. The van der Waals surface area contributed by atoms with Gasteiger partial charge in [0.1, 0.15) is 0 Å². The van der Waals surface area contributed by atoms with Crippen molar-refractivity contribution < 1.29 is 23.1 Å². The zero-order chi connectivity index (χ0) is 14.2. The van der Waals surface area contributed by atoms with Crippen molar-refractivity contribution in [3.8, 4) is 0 Å². The van der Waals surface area contributed by atoms with Gasteiger partial charge in [0.05, 0.1) is 11.1 Å². The molecule has 0 saturated carbocycles. The van der Waals surface area contributed by atoms with Crippen molar-refractivity contribution in [1.82, 2.24) is 0 Å². The molecule has 0 radical (unpaired) electrons. The molecule has 1 N–H and O–H groups in total. The van der Waals surface area contributed by atoms with Crippen LogP contribution in [0.2, 0.25) is 0 Å². The summed E-state index contributed by atoms with van der Waals surface area (Å²) in [4.78, 5) is 11.1. The standard InChI is InChI=1S/C13H9F3O2S/c1-19-10-6-5-7-8(11(10)13(14,15)16)3-2-4-9(7)12(17)18/h2-6H,1H3,(H,17,18). The summed E-state index contributed by atoms with van der Waals surface area (Å²) < 4.78 is 39.4. The van der Waals surface area contributed by atoms with Crippen LogP contribution in [0, 0.1) is 0 Å². The number of halogens is 3. The Labute approximate surface area is 111 Å². The number of hydrogen-bond donors (Lipinski definition) is 1. The summed E-state index contributed by atoms with van der Waals surface area (Å²) >= 11 is 0.984. The molecule has 2 rings (SSSR count). The molecule has 0 atom stereocenters. The molecule has 0 aliphatic rings. The molecule has 100 valence electrons. The summed E-state index contributed by atoms with van der Waals surface area (Å²) in [5.74, 6) is -1.24. The minimum Gasteiger partial charge on any atom is -0.478 e. The van der Waals surface area contributed by atoms with Gasteiger partial charge in [-0.3, -0.25) is 0 Å². The van der Waals surface area contributed by atoms with Crippen LogP contribution in [-0.2, 0) is 6.18 Å². The van der Waals surface area contributed by atoms with Crippen molar-refractivity contribution >= 4 is 28.5 Å². The first-order valence-electron chi connectivity index (χ1n) is 5.26. The highest BCUT2D eigenvalue weighted by Crippen LogP contribution is 2.41. The maximum Gasteiger partial charge on any atom is 0.418 e. The molecule has 0 aliphatic heterocycles. The first-order valence-corrected chi connectivity index (χ1v) is 6.49. The van der Waals surface area contributed by atoms with E-state index in [0.717, 1.165) is 11.8 Å². The lowest BCUT2D eigenvalue weighted by Crippen LogP contribution is -2.09. The molecular formula is C13H9F3O2S. The van der Waals surface area contributed by atoms with Crippen LogP contribution in [0.15, 0.2) is 35.2 Å². The van der Waals surface area contributed by atoms with Gasteiger partial charge < -0.3 is 5.11 Å². The van der Waals surface area contributed by atoms with Gasteiger partial charge in [-0.1, -0.05) is 18.2 Å². The van der Waals surface area contributed by atoms with Gasteiger partial charge in [0, 0.05) is 4.90 Å². The van der Waals surface area contributed by atoms with E-state index in [2.05, 4.69) is 0 Å². The van der Waals surface area contributed by atoms with Gasteiger partial charge >= 0.3 is 12.1 Å². The normalized spacial score (nSPS) is 11.8.